The summed E-state index contributed by atoms with van der Waals surface area (Å²) in [4.78, 5) is 8.31. The van der Waals surface area contributed by atoms with Crippen LogP contribution in [0, 0.1) is 0 Å². The van der Waals surface area contributed by atoms with Crippen molar-refractivity contribution in [3.05, 3.63) is 28.2 Å². The number of nitrogens with one attached hydrogen (secondary N) is 1. The van der Waals surface area contributed by atoms with Crippen LogP contribution in [0.5, 0.6) is 5.75 Å². The number of hydrogen-bond acceptors (Lipinski definition) is 6. The Morgan fingerprint density at radius 3 is 2.48 bits per heavy atom. The summed E-state index contributed by atoms with van der Waals surface area (Å²) >= 11 is 11.7. The van der Waals surface area contributed by atoms with Gasteiger partial charge < -0.3 is 16.2 Å². The summed E-state index contributed by atoms with van der Waals surface area (Å²) in [5.41, 5.74) is 11.2. The van der Waals surface area contributed by atoms with Gasteiger partial charge in [-0.15, -0.1) is 0 Å². The second-order valence-corrected chi connectivity index (χ2v) is 5.37. The second kappa shape index (κ2) is 7.38. The molecule has 6 nitrogen and oxygen atoms in total. The van der Waals surface area contributed by atoms with Crippen LogP contribution in [0.1, 0.15) is 19.3 Å². The minimum atomic E-state index is -0.212. The predicted octanol–water partition coefficient (Wildman–Crippen LogP) is 2.10. The molecule has 0 atom stereocenters. The molecule has 8 heteroatoms. The number of rotatable bonds is 6. The van der Waals surface area contributed by atoms with E-state index in [-0.39, 0.29) is 6.17 Å². The highest BCUT2D eigenvalue weighted by molar-refractivity contribution is 6.42. The summed E-state index contributed by atoms with van der Waals surface area (Å²) in [5, 5.41) is 3.65. The van der Waals surface area contributed by atoms with Gasteiger partial charge in [-0.25, -0.2) is 9.98 Å². The number of nitrogens with two attached hydrogens (primary N) is 2. The van der Waals surface area contributed by atoms with Gasteiger partial charge in [0.05, 0.1) is 16.7 Å². The van der Waals surface area contributed by atoms with Crippen LogP contribution in [0.25, 0.3) is 0 Å². The minimum absolute atomic E-state index is 0.212. The number of aliphatic imine (C=N–C) groups is 2. The van der Waals surface area contributed by atoms with Gasteiger partial charge in [0.1, 0.15) is 11.9 Å². The van der Waals surface area contributed by atoms with Crippen LogP contribution in [0.15, 0.2) is 28.2 Å². The normalized spacial score (nSPS) is 15.1. The number of ether oxygens (including phenoxy) is 1. The molecule has 1 aromatic carbocycles. The molecule has 0 bridgehead atoms. The SMILES string of the molecule is NC1=NC(CCCCOc2ccc(Cl)c(Cl)c2)N=C(N)N1. The molecule has 1 aliphatic rings. The van der Waals surface area contributed by atoms with Gasteiger partial charge in [0, 0.05) is 6.07 Å². The summed E-state index contributed by atoms with van der Waals surface area (Å²) in [6, 6.07) is 5.20. The van der Waals surface area contributed by atoms with E-state index < -0.39 is 0 Å². The smallest absolute Gasteiger partial charge is 0.197 e. The molecule has 21 heavy (non-hydrogen) atoms. The Bertz CT molecular complexity index is 543. The maximum atomic E-state index is 5.91. The fourth-order valence-electron chi connectivity index (χ4n) is 1.86. The molecule has 5 N–H and O–H groups in total. The topological polar surface area (TPSA) is 98.0 Å². The Morgan fingerprint density at radius 1 is 1.10 bits per heavy atom. The van der Waals surface area contributed by atoms with Crippen LogP contribution in [0.2, 0.25) is 10.0 Å². The highest BCUT2D eigenvalue weighted by Crippen LogP contribution is 2.26. The Morgan fingerprint density at radius 2 is 1.81 bits per heavy atom. The van der Waals surface area contributed by atoms with Crippen LogP contribution >= 0.6 is 23.2 Å². The van der Waals surface area contributed by atoms with Crippen molar-refractivity contribution in [2.75, 3.05) is 6.61 Å². The first kappa shape index (κ1) is 15.7. The van der Waals surface area contributed by atoms with E-state index in [0.717, 1.165) is 19.3 Å². The Hall–Kier alpha value is -1.66. The summed E-state index contributed by atoms with van der Waals surface area (Å²) in [5.74, 6) is 1.31. The van der Waals surface area contributed by atoms with E-state index in [1.807, 2.05) is 0 Å². The molecular formula is C13H17Cl2N5O. The van der Waals surface area contributed by atoms with Crippen molar-refractivity contribution in [3.63, 3.8) is 0 Å². The van der Waals surface area contributed by atoms with Gasteiger partial charge in [-0.2, -0.15) is 0 Å². The third kappa shape index (κ3) is 4.99. The average Bonchev–Trinajstić information content (AvgIpc) is 2.41. The zero-order valence-electron chi connectivity index (χ0n) is 11.4. The standard InChI is InChI=1S/C13H17Cl2N5O/c14-9-5-4-8(7-10(9)15)21-6-2-1-3-11-18-12(16)20-13(17)19-11/h4-5,7,11H,1-3,6H2,(H5,16,17,18,19,20). The van der Waals surface area contributed by atoms with Crippen molar-refractivity contribution < 1.29 is 4.74 Å². The molecule has 0 saturated carbocycles. The minimum Gasteiger partial charge on any atom is -0.494 e. The number of unbranched alkanes of at least 4 members (excludes halogenated alkanes) is 1. The maximum absolute atomic E-state index is 5.91. The molecule has 0 spiro atoms. The average molecular weight is 330 g/mol. The third-order valence-corrected chi connectivity index (χ3v) is 3.59. The number of guanidine groups is 2. The lowest BCUT2D eigenvalue weighted by Gasteiger charge is -2.16. The fraction of sp³-hybridized carbons (Fsp3) is 0.385. The number of benzene rings is 1. The van der Waals surface area contributed by atoms with Crippen LogP contribution < -0.4 is 21.5 Å². The fourth-order valence-corrected chi connectivity index (χ4v) is 2.15. The predicted molar refractivity (Wildman–Crippen MR) is 86.0 cm³/mol. The van der Waals surface area contributed by atoms with Crippen LogP contribution in [-0.2, 0) is 0 Å². The van der Waals surface area contributed by atoms with Gasteiger partial charge in [0.15, 0.2) is 11.9 Å². The first-order valence-electron chi connectivity index (χ1n) is 6.56. The van der Waals surface area contributed by atoms with E-state index in [2.05, 4.69) is 15.3 Å². The third-order valence-electron chi connectivity index (χ3n) is 2.85. The van der Waals surface area contributed by atoms with E-state index in [4.69, 9.17) is 39.4 Å². The molecule has 1 heterocycles. The van der Waals surface area contributed by atoms with Gasteiger partial charge in [-0.1, -0.05) is 23.2 Å². The first-order chi connectivity index (χ1) is 10.0. The highest BCUT2D eigenvalue weighted by atomic mass is 35.5. The summed E-state index contributed by atoms with van der Waals surface area (Å²) < 4.78 is 5.60. The van der Waals surface area contributed by atoms with Crippen LogP contribution in [-0.4, -0.2) is 24.7 Å². The summed E-state index contributed by atoms with van der Waals surface area (Å²) in [7, 11) is 0. The van der Waals surface area contributed by atoms with Crippen molar-refractivity contribution >= 4 is 35.1 Å². The molecule has 1 aromatic rings. The van der Waals surface area contributed by atoms with Crippen LogP contribution in [0.3, 0.4) is 0 Å². The number of hydrogen-bond donors (Lipinski definition) is 3. The number of halogens is 2. The molecule has 2 rings (SSSR count). The molecular weight excluding hydrogens is 313 g/mol. The van der Waals surface area contributed by atoms with Gasteiger partial charge in [0.2, 0.25) is 0 Å². The lowest BCUT2D eigenvalue weighted by Crippen LogP contribution is -2.45. The molecule has 0 saturated heterocycles. The molecule has 114 valence electrons. The van der Waals surface area contributed by atoms with Crippen molar-refractivity contribution in [3.8, 4) is 5.75 Å². The van der Waals surface area contributed by atoms with Crippen LogP contribution in [0.4, 0.5) is 0 Å². The van der Waals surface area contributed by atoms with Crippen molar-refractivity contribution in [2.45, 2.75) is 25.4 Å². The van der Waals surface area contributed by atoms with E-state index in [0.29, 0.717) is 34.3 Å². The molecule has 0 radical (unpaired) electrons. The van der Waals surface area contributed by atoms with E-state index in [1.165, 1.54) is 0 Å². The van der Waals surface area contributed by atoms with Crippen molar-refractivity contribution in [1.82, 2.24) is 5.32 Å². The Labute approximate surface area is 133 Å². The molecule has 0 aliphatic carbocycles. The van der Waals surface area contributed by atoms with Gasteiger partial charge in [-0.3, -0.25) is 5.32 Å². The highest BCUT2D eigenvalue weighted by Gasteiger charge is 2.12. The summed E-state index contributed by atoms with van der Waals surface area (Å²) in [6.07, 6.45) is 2.33. The zero-order valence-corrected chi connectivity index (χ0v) is 12.9. The molecule has 0 aromatic heterocycles. The van der Waals surface area contributed by atoms with Gasteiger partial charge in [0.25, 0.3) is 0 Å². The monoisotopic (exact) mass is 329 g/mol. The maximum Gasteiger partial charge on any atom is 0.197 e. The van der Waals surface area contributed by atoms with Gasteiger partial charge >= 0.3 is 0 Å². The molecule has 1 aliphatic heterocycles. The second-order valence-electron chi connectivity index (χ2n) is 4.55. The molecule has 0 fully saturated rings. The molecule has 0 amide bonds. The van der Waals surface area contributed by atoms with Crippen molar-refractivity contribution in [1.29, 1.82) is 0 Å². The lowest BCUT2D eigenvalue weighted by atomic mass is 10.2. The largest absolute Gasteiger partial charge is 0.494 e. The molecule has 0 unspecified atom stereocenters. The lowest BCUT2D eigenvalue weighted by molar-refractivity contribution is 0.303. The Kier molecular flexibility index (Phi) is 5.52. The first-order valence-corrected chi connectivity index (χ1v) is 7.31. The van der Waals surface area contributed by atoms with E-state index >= 15 is 0 Å². The summed E-state index contributed by atoms with van der Waals surface area (Å²) in [6.45, 7) is 0.585. The van der Waals surface area contributed by atoms with E-state index in [9.17, 15) is 0 Å². The quantitative estimate of drug-likeness (QED) is 0.696. The van der Waals surface area contributed by atoms with Gasteiger partial charge in [-0.05, 0) is 31.4 Å². The Balaban J connectivity index is 1.68. The zero-order chi connectivity index (χ0) is 15.2. The number of nitrogens with zero attached hydrogens (tertiary/aromatic N) is 2. The van der Waals surface area contributed by atoms with Crippen molar-refractivity contribution in [2.24, 2.45) is 21.5 Å². The van der Waals surface area contributed by atoms with E-state index in [1.54, 1.807) is 18.2 Å².